The third kappa shape index (κ3) is 5.93. The van der Waals surface area contributed by atoms with Gasteiger partial charge in [-0.1, -0.05) is 51.1 Å². The van der Waals surface area contributed by atoms with E-state index in [1.54, 1.807) is 18.2 Å². The number of ether oxygens (including phenoxy) is 2. The number of benzene rings is 3. The molecule has 0 heterocycles. The topological polar surface area (TPSA) is 81.7 Å². The zero-order valence-electron chi connectivity index (χ0n) is 19.3. The van der Waals surface area contributed by atoms with Gasteiger partial charge in [0, 0.05) is 5.69 Å². The number of sulfonamides is 1. The number of rotatable bonds is 9. The fourth-order valence-corrected chi connectivity index (χ4v) is 4.49. The fourth-order valence-electron chi connectivity index (χ4n) is 3.40. The maximum absolute atomic E-state index is 12.9. The molecule has 0 fully saturated rings. The highest BCUT2D eigenvalue weighted by molar-refractivity contribution is 7.92. The Kier molecular flexibility index (Phi) is 7.76. The van der Waals surface area contributed by atoms with Crippen molar-refractivity contribution in [1.29, 1.82) is 0 Å². The second-order valence-corrected chi connectivity index (χ2v) is 9.63. The van der Waals surface area contributed by atoms with Crippen molar-refractivity contribution in [2.75, 3.05) is 18.4 Å². The lowest BCUT2D eigenvalue weighted by Gasteiger charge is -2.14. The molecule has 174 valence electrons. The van der Waals surface area contributed by atoms with Crippen molar-refractivity contribution in [3.63, 3.8) is 0 Å². The molecular weight excluding hydrogens is 438 g/mol. The molecule has 33 heavy (non-hydrogen) atoms. The first kappa shape index (κ1) is 24.3. The van der Waals surface area contributed by atoms with Gasteiger partial charge in [0.2, 0.25) is 0 Å². The lowest BCUT2D eigenvalue weighted by molar-refractivity contribution is 0.0598. The summed E-state index contributed by atoms with van der Waals surface area (Å²) in [5, 5.41) is 0. The molecule has 3 aromatic carbocycles. The summed E-state index contributed by atoms with van der Waals surface area (Å²) >= 11 is 0. The predicted molar refractivity (Wildman–Crippen MR) is 130 cm³/mol. The van der Waals surface area contributed by atoms with Crippen LogP contribution in [-0.2, 0) is 14.8 Å². The first-order valence-corrected chi connectivity index (χ1v) is 12.3. The van der Waals surface area contributed by atoms with Crippen LogP contribution in [0.1, 0.15) is 49.0 Å². The third-order valence-corrected chi connectivity index (χ3v) is 6.54. The van der Waals surface area contributed by atoms with Gasteiger partial charge in [-0.15, -0.1) is 0 Å². The average Bonchev–Trinajstić information content (AvgIpc) is 2.82. The van der Waals surface area contributed by atoms with Crippen LogP contribution in [0.5, 0.6) is 5.75 Å². The van der Waals surface area contributed by atoms with Gasteiger partial charge in [0.15, 0.2) is 0 Å². The molecule has 0 saturated carbocycles. The average molecular weight is 468 g/mol. The monoisotopic (exact) mass is 467 g/mol. The minimum atomic E-state index is -3.89. The maximum Gasteiger partial charge on any atom is 0.338 e. The van der Waals surface area contributed by atoms with Crippen molar-refractivity contribution < 1.29 is 22.7 Å². The Morgan fingerprint density at radius 1 is 0.939 bits per heavy atom. The molecule has 0 aromatic heterocycles. The highest BCUT2D eigenvalue weighted by Gasteiger charge is 2.21. The van der Waals surface area contributed by atoms with Crippen LogP contribution in [0.3, 0.4) is 0 Å². The van der Waals surface area contributed by atoms with Crippen molar-refractivity contribution in [3.8, 4) is 16.9 Å². The second-order valence-electron chi connectivity index (χ2n) is 7.95. The van der Waals surface area contributed by atoms with Gasteiger partial charge in [-0.3, -0.25) is 4.72 Å². The number of carbonyl (C=O) groups excluding carboxylic acids is 1. The molecule has 0 aliphatic carbocycles. The summed E-state index contributed by atoms with van der Waals surface area (Å²) in [5.74, 6) is 0.301. The number of hydrogen-bond donors (Lipinski definition) is 1. The molecule has 0 atom stereocenters. The molecule has 0 unspecified atom stereocenters. The van der Waals surface area contributed by atoms with Gasteiger partial charge in [0.1, 0.15) is 5.75 Å². The molecule has 3 rings (SSSR count). The van der Waals surface area contributed by atoms with Crippen LogP contribution >= 0.6 is 0 Å². The zero-order chi connectivity index (χ0) is 24.0. The van der Waals surface area contributed by atoms with Gasteiger partial charge < -0.3 is 9.47 Å². The Bertz CT molecular complexity index is 1200. The predicted octanol–water partition coefficient (Wildman–Crippen LogP) is 5.85. The third-order valence-electron chi connectivity index (χ3n) is 5.16. The SMILES string of the molecule is CCCOc1ccc(-c2ccc(NS(=O)(=O)c3ccc(C(C)C)c(C(=O)OC)c3)cc2)cc1. The summed E-state index contributed by atoms with van der Waals surface area (Å²) in [7, 11) is -2.61. The molecule has 0 radical (unpaired) electrons. The molecule has 0 bridgehead atoms. The van der Waals surface area contributed by atoms with Gasteiger partial charge >= 0.3 is 5.97 Å². The van der Waals surface area contributed by atoms with Crippen LogP contribution in [0.25, 0.3) is 11.1 Å². The van der Waals surface area contributed by atoms with Crippen molar-refractivity contribution in [2.45, 2.75) is 38.0 Å². The lowest BCUT2D eigenvalue weighted by atomic mass is 9.97. The Morgan fingerprint density at radius 3 is 2.09 bits per heavy atom. The molecule has 3 aromatic rings. The van der Waals surface area contributed by atoms with Gasteiger partial charge in [-0.25, -0.2) is 13.2 Å². The van der Waals surface area contributed by atoms with Crippen molar-refractivity contribution >= 4 is 21.7 Å². The largest absolute Gasteiger partial charge is 0.494 e. The van der Waals surface area contributed by atoms with Crippen LogP contribution < -0.4 is 9.46 Å². The van der Waals surface area contributed by atoms with Crippen LogP contribution in [0.15, 0.2) is 71.6 Å². The Labute approximate surface area is 195 Å². The van der Waals surface area contributed by atoms with Crippen molar-refractivity contribution in [2.24, 2.45) is 0 Å². The van der Waals surface area contributed by atoms with E-state index in [0.29, 0.717) is 12.3 Å². The van der Waals surface area contributed by atoms with E-state index in [0.717, 1.165) is 28.9 Å². The summed E-state index contributed by atoms with van der Waals surface area (Å²) in [6, 6.07) is 19.4. The molecule has 0 aliphatic rings. The van der Waals surface area contributed by atoms with Crippen LogP contribution in [0.4, 0.5) is 5.69 Å². The number of nitrogens with one attached hydrogen (secondary N) is 1. The van der Waals surface area contributed by atoms with Gasteiger partial charge in [-0.2, -0.15) is 0 Å². The van der Waals surface area contributed by atoms with Gasteiger partial charge in [0.25, 0.3) is 10.0 Å². The highest BCUT2D eigenvalue weighted by Crippen LogP contribution is 2.27. The summed E-state index contributed by atoms with van der Waals surface area (Å²) in [6.07, 6.45) is 0.949. The number of anilines is 1. The molecule has 0 spiro atoms. The van der Waals surface area contributed by atoms with Gasteiger partial charge in [-0.05, 0) is 65.4 Å². The minimum Gasteiger partial charge on any atom is -0.494 e. The lowest BCUT2D eigenvalue weighted by Crippen LogP contribution is -2.15. The smallest absolute Gasteiger partial charge is 0.338 e. The second kappa shape index (κ2) is 10.5. The summed E-state index contributed by atoms with van der Waals surface area (Å²) in [6.45, 7) is 6.60. The zero-order valence-corrected chi connectivity index (χ0v) is 20.1. The van der Waals surface area contributed by atoms with E-state index in [2.05, 4.69) is 11.6 Å². The molecule has 0 amide bonds. The van der Waals surface area contributed by atoms with E-state index in [4.69, 9.17) is 9.47 Å². The number of carbonyl (C=O) groups is 1. The van der Waals surface area contributed by atoms with E-state index >= 15 is 0 Å². The fraction of sp³-hybridized carbons (Fsp3) is 0.269. The molecule has 0 aliphatic heterocycles. The summed E-state index contributed by atoms with van der Waals surface area (Å²) < 4.78 is 38.9. The minimum absolute atomic E-state index is 0.000885. The van der Waals surface area contributed by atoms with E-state index < -0.39 is 16.0 Å². The van der Waals surface area contributed by atoms with Gasteiger partial charge in [0.05, 0.1) is 24.2 Å². The molecular formula is C26H29NO5S. The maximum atomic E-state index is 12.9. The Morgan fingerprint density at radius 2 is 1.55 bits per heavy atom. The normalized spacial score (nSPS) is 11.3. The first-order chi connectivity index (χ1) is 15.7. The molecule has 6 nitrogen and oxygen atoms in total. The quantitative estimate of drug-likeness (QED) is 0.399. The molecule has 1 N–H and O–H groups in total. The standard InChI is InChI=1S/C26H29NO5S/c1-5-16-32-22-12-8-20(9-13-22)19-6-10-21(11-7-19)27-33(29,30)23-14-15-24(18(2)3)25(17-23)26(28)31-4/h6-15,17-18,27H,5,16H2,1-4H3. The van der Waals surface area contributed by atoms with E-state index in [1.165, 1.54) is 19.2 Å². The Hall–Kier alpha value is -3.32. The number of hydrogen-bond acceptors (Lipinski definition) is 5. The number of esters is 1. The summed E-state index contributed by atoms with van der Waals surface area (Å²) in [5.41, 5.74) is 3.36. The van der Waals surface area contributed by atoms with E-state index in [9.17, 15) is 13.2 Å². The van der Waals surface area contributed by atoms with Crippen molar-refractivity contribution in [1.82, 2.24) is 0 Å². The van der Waals surface area contributed by atoms with Crippen LogP contribution in [-0.4, -0.2) is 28.1 Å². The summed E-state index contributed by atoms with van der Waals surface area (Å²) in [4.78, 5) is 12.2. The number of methoxy groups -OCH3 is 1. The van der Waals surface area contributed by atoms with E-state index in [-0.39, 0.29) is 16.4 Å². The van der Waals surface area contributed by atoms with Crippen LogP contribution in [0, 0.1) is 0 Å². The van der Waals surface area contributed by atoms with Crippen molar-refractivity contribution in [3.05, 3.63) is 77.9 Å². The van der Waals surface area contributed by atoms with Crippen LogP contribution in [0.2, 0.25) is 0 Å². The first-order valence-electron chi connectivity index (χ1n) is 10.8. The molecule has 0 saturated heterocycles. The molecule has 7 heteroatoms. The highest BCUT2D eigenvalue weighted by atomic mass is 32.2. The van der Waals surface area contributed by atoms with E-state index in [1.807, 2.05) is 50.2 Å². The Balaban J connectivity index is 1.80.